The number of benzene rings is 1. The minimum absolute atomic E-state index is 0.111. The third-order valence-electron chi connectivity index (χ3n) is 4.05. The van der Waals surface area contributed by atoms with E-state index in [0.29, 0.717) is 36.0 Å². The minimum Gasteiger partial charge on any atom is -0.497 e. The van der Waals surface area contributed by atoms with Gasteiger partial charge < -0.3 is 10.5 Å². The molecule has 1 unspecified atom stereocenters. The maximum atomic E-state index is 12.4. The largest absolute Gasteiger partial charge is 0.497 e. The molecule has 1 aromatic heterocycles. The fourth-order valence-electron chi connectivity index (χ4n) is 2.68. The molecule has 9 heteroatoms. The molecule has 2 aromatic rings. The number of alkyl halides is 1. The van der Waals surface area contributed by atoms with Crippen LogP contribution >= 0.6 is 11.6 Å². The van der Waals surface area contributed by atoms with Crippen molar-refractivity contribution in [1.82, 2.24) is 9.97 Å². The van der Waals surface area contributed by atoms with Crippen LogP contribution in [0.5, 0.6) is 5.75 Å². The highest BCUT2D eigenvalue weighted by Gasteiger charge is 2.32. The van der Waals surface area contributed by atoms with Crippen LogP contribution in [0.4, 0.5) is 11.6 Å². The van der Waals surface area contributed by atoms with Crippen molar-refractivity contribution < 1.29 is 13.7 Å². The average Bonchev–Trinajstić information content (AvgIpc) is 2.96. The molecule has 0 fully saturated rings. The highest BCUT2D eigenvalue weighted by atomic mass is 35.5. The van der Waals surface area contributed by atoms with Crippen molar-refractivity contribution in [2.45, 2.75) is 24.5 Å². The lowest BCUT2D eigenvalue weighted by Crippen LogP contribution is -2.27. The molecule has 1 aliphatic heterocycles. The molecule has 0 spiro atoms. The Kier molecular flexibility index (Phi) is 5.73. The van der Waals surface area contributed by atoms with Crippen LogP contribution in [0.1, 0.15) is 17.5 Å². The third-order valence-corrected chi connectivity index (χ3v) is 5.56. The molecule has 0 bridgehead atoms. The fraction of sp³-hybridized carbons (Fsp3) is 0.353. The van der Waals surface area contributed by atoms with E-state index in [1.807, 2.05) is 24.3 Å². The van der Waals surface area contributed by atoms with Crippen molar-refractivity contribution >= 4 is 39.9 Å². The molecule has 3 rings (SSSR count). The summed E-state index contributed by atoms with van der Waals surface area (Å²) in [6, 6.07) is 7.43. The zero-order valence-corrected chi connectivity index (χ0v) is 15.8. The summed E-state index contributed by atoms with van der Waals surface area (Å²) in [6.07, 6.45) is 0.731. The van der Waals surface area contributed by atoms with Crippen molar-refractivity contribution in [2.24, 2.45) is 0 Å². The van der Waals surface area contributed by atoms with Gasteiger partial charge in [-0.2, -0.15) is 0 Å². The summed E-state index contributed by atoms with van der Waals surface area (Å²) < 4.78 is 17.5. The Morgan fingerprint density at radius 3 is 2.69 bits per heavy atom. The second kappa shape index (κ2) is 8.01. The van der Waals surface area contributed by atoms with E-state index in [1.54, 1.807) is 12.0 Å². The Morgan fingerprint density at radius 1 is 1.31 bits per heavy atom. The summed E-state index contributed by atoms with van der Waals surface area (Å²) in [5.41, 5.74) is 7.50. The lowest BCUT2D eigenvalue weighted by Gasteiger charge is -2.17. The van der Waals surface area contributed by atoms with Gasteiger partial charge in [-0.25, -0.2) is 9.97 Å². The topological polar surface area (TPSA) is 98.4 Å². The molecule has 1 aliphatic rings. The van der Waals surface area contributed by atoms with Gasteiger partial charge in [-0.15, -0.1) is 11.6 Å². The van der Waals surface area contributed by atoms with Crippen molar-refractivity contribution in [1.29, 1.82) is 0 Å². The van der Waals surface area contributed by atoms with E-state index in [-0.39, 0.29) is 23.3 Å². The van der Waals surface area contributed by atoms with Gasteiger partial charge in [0.2, 0.25) is 11.1 Å². The van der Waals surface area contributed by atoms with Crippen molar-refractivity contribution in [3.63, 3.8) is 0 Å². The first kappa shape index (κ1) is 18.6. The molecule has 1 amide bonds. The Bertz CT molecular complexity index is 845. The number of nitrogens with two attached hydrogens (primary N) is 1. The fourth-order valence-corrected chi connectivity index (χ4v) is 3.95. The molecular weight excluding hydrogens is 376 g/mol. The van der Waals surface area contributed by atoms with Crippen LogP contribution in [0.2, 0.25) is 0 Å². The average molecular weight is 395 g/mol. The summed E-state index contributed by atoms with van der Waals surface area (Å²) in [4.78, 5) is 22.5. The van der Waals surface area contributed by atoms with Gasteiger partial charge in [0, 0.05) is 17.2 Å². The number of amides is 1. The molecule has 138 valence electrons. The molecule has 2 heterocycles. The molecule has 26 heavy (non-hydrogen) atoms. The van der Waals surface area contributed by atoms with Crippen molar-refractivity contribution in [2.75, 3.05) is 29.4 Å². The molecule has 1 aromatic carbocycles. The smallest absolute Gasteiger partial charge is 0.233 e. The van der Waals surface area contributed by atoms with Crippen LogP contribution in [-0.2, 0) is 28.6 Å². The van der Waals surface area contributed by atoms with E-state index in [0.717, 1.165) is 11.3 Å². The van der Waals surface area contributed by atoms with Crippen LogP contribution in [0.3, 0.4) is 0 Å². The lowest BCUT2D eigenvalue weighted by molar-refractivity contribution is -0.117. The zero-order chi connectivity index (χ0) is 18.7. The van der Waals surface area contributed by atoms with Gasteiger partial charge in [-0.1, -0.05) is 12.1 Å². The van der Waals surface area contributed by atoms with E-state index in [1.165, 1.54) is 0 Å². The van der Waals surface area contributed by atoms with Crippen LogP contribution in [0.25, 0.3) is 0 Å². The van der Waals surface area contributed by atoms with Crippen LogP contribution in [0.15, 0.2) is 29.4 Å². The number of rotatable bonds is 7. The van der Waals surface area contributed by atoms with Gasteiger partial charge >= 0.3 is 0 Å². The lowest BCUT2D eigenvalue weighted by atomic mass is 10.2. The van der Waals surface area contributed by atoms with E-state index in [9.17, 15) is 9.00 Å². The molecule has 2 N–H and O–H groups in total. The highest BCUT2D eigenvalue weighted by Crippen LogP contribution is 2.32. The first-order chi connectivity index (χ1) is 12.5. The Balaban J connectivity index is 1.89. The number of fused-ring (bicyclic) bond motifs is 1. The molecule has 0 saturated carbocycles. The first-order valence-electron chi connectivity index (χ1n) is 8.07. The van der Waals surface area contributed by atoms with Gasteiger partial charge in [0.1, 0.15) is 17.4 Å². The highest BCUT2D eigenvalue weighted by molar-refractivity contribution is 7.84. The summed E-state index contributed by atoms with van der Waals surface area (Å²) >= 11 is 5.65. The number of nitrogen functional groups attached to an aromatic ring is 1. The van der Waals surface area contributed by atoms with Gasteiger partial charge in [-0.3, -0.25) is 13.9 Å². The summed E-state index contributed by atoms with van der Waals surface area (Å²) in [6.45, 7) is 0.347. The number of halogens is 1. The number of carbonyl (C=O) groups is 1. The van der Waals surface area contributed by atoms with Crippen LogP contribution in [0, 0.1) is 0 Å². The van der Waals surface area contributed by atoms with Crippen LogP contribution < -0.4 is 15.4 Å². The molecule has 7 nitrogen and oxygen atoms in total. The summed E-state index contributed by atoms with van der Waals surface area (Å²) in [5.74, 6) is 2.04. The number of nitrogens with zero attached hydrogens (tertiary/aromatic N) is 3. The predicted molar refractivity (Wildman–Crippen MR) is 101 cm³/mol. The van der Waals surface area contributed by atoms with Gasteiger partial charge in [0.15, 0.2) is 0 Å². The predicted octanol–water partition coefficient (Wildman–Crippen LogP) is 1.89. The van der Waals surface area contributed by atoms with Crippen LogP contribution in [-0.4, -0.2) is 38.8 Å². The monoisotopic (exact) mass is 394 g/mol. The normalized spacial score (nSPS) is 14.4. The second-order valence-corrected chi connectivity index (χ2v) is 7.63. The zero-order valence-electron chi connectivity index (χ0n) is 14.3. The van der Waals surface area contributed by atoms with Crippen molar-refractivity contribution in [3.05, 3.63) is 35.4 Å². The Morgan fingerprint density at radius 2 is 2.04 bits per heavy atom. The maximum absolute atomic E-state index is 12.4. The maximum Gasteiger partial charge on any atom is 0.233 e. The van der Waals surface area contributed by atoms with Gasteiger partial charge in [0.25, 0.3) is 0 Å². The van der Waals surface area contributed by atoms with E-state index in [4.69, 9.17) is 22.1 Å². The van der Waals surface area contributed by atoms with Crippen molar-refractivity contribution in [3.8, 4) is 5.75 Å². The number of carbonyl (C=O) groups excluding carboxylic acids is 1. The van der Waals surface area contributed by atoms with E-state index >= 15 is 0 Å². The molecule has 0 radical (unpaired) electrons. The summed E-state index contributed by atoms with van der Waals surface area (Å²) in [7, 11) is 0.194. The van der Waals surface area contributed by atoms with Gasteiger partial charge in [-0.05, 0) is 24.1 Å². The Hall–Kier alpha value is -2.19. The summed E-state index contributed by atoms with van der Waals surface area (Å²) in [5, 5.41) is 0.140. The first-order valence-corrected chi connectivity index (χ1v) is 9.93. The standard InChI is InChI=1S/C17H19ClN4O3S/c1-25-12-5-3-11(4-6-12)10-22-14(23)9-13-15(19)20-17(21-16(13)22)26(24)8-2-7-18/h3-6H,2,7-10H2,1H3,(H2,19,20,21). The molecule has 1 atom stereocenters. The number of aromatic nitrogens is 2. The number of hydrogen-bond acceptors (Lipinski definition) is 6. The number of ether oxygens (including phenoxy) is 1. The second-order valence-electron chi connectivity index (χ2n) is 5.79. The van der Waals surface area contributed by atoms with E-state index in [2.05, 4.69) is 9.97 Å². The number of anilines is 2. The quantitative estimate of drug-likeness (QED) is 0.568. The third kappa shape index (κ3) is 3.81. The molecule has 0 saturated heterocycles. The van der Waals surface area contributed by atoms with Gasteiger partial charge in [0.05, 0.1) is 30.9 Å². The SMILES string of the molecule is COc1ccc(CN2C(=O)Cc3c(N)nc(S(=O)CCCCl)nc32)cc1. The van der Waals surface area contributed by atoms with E-state index < -0.39 is 10.8 Å². The molecular formula is C17H19ClN4O3S. The molecule has 0 aliphatic carbocycles. The minimum atomic E-state index is -1.40. The Labute approximate surface area is 159 Å². The number of methoxy groups -OCH3 is 1. The number of hydrogen-bond donors (Lipinski definition) is 1.